The van der Waals surface area contributed by atoms with Gasteiger partial charge in [0.15, 0.2) is 0 Å². The van der Waals surface area contributed by atoms with Crippen LogP contribution >= 0.6 is 0 Å². The topological polar surface area (TPSA) is 58.6 Å². The van der Waals surface area contributed by atoms with Crippen LogP contribution in [0.25, 0.3) is 0 Å². The van der Waals surface area contributed by atoms with E-state index < -0.39 is 10.2 Å². The number of rotatable bonds is 6. The van der Waals surface area contributed by atoms with Gasteiger partial charge < -0.3 is 4.74 Å². The van der Waals surface area contributed by atoms with Crippen molar-refractivity contribution in [2.45, 2.75) is 31.8 Å². The van der Waals surface area contributed by atoms with Gasteiger partial charge in [0.25, 0.3) is 10.2 Å². The second kappa shape index (κ2) is 7.99. The van der Waals surface area contributed by atoms with E-state index in [1.807, 2.05) is 54.6 Å². The lowest BCUT2D eigenvalue weighted by Gasteiger charge is -2.35. The lowest BCUT2D eigenvalue weighted by Crippen LogP contribution is -2.44. The smallest absolute Gasteiger partial charge is 0.280 e. The van der Waals surface area contributed by atoms with Crippen LogP contribution in [-0.2, 0) is 16.8 Å². The first-order chi connectivity index (χ1) is 12.1. The summed E-state index contributed by atoms with van der Waals surface area (Å²) < 4.78 is 35.2. The van der Waals surface area contributed by atoms with E-state index in [-0.39, 0.29) is 6.04 Å². The minimum Gasteiger partial charge on any atom is -0.497 e. The predicted molar refractivity (Wildman–Crippen MR) is 98.5 cm³/mol. The molecule has 1 heterocycles. The summed E-state index contributed by atoms with van der Waals surface area (Å²) >= 11 is 0. The normalized spacial score (nSPS) is 18.8. The Morgan fingerprint density at radius 2 is 1.80 bits per heavy atom. The van der Waals surface area contributed by atoms with E-state index in [4.69, 9.17) is 4.74 Å². The lowest BCUT2D eigenvalue weighted by molar-refractivity contribution is 0.252. The van der Waals surface area contributed by atoms with Crippen LogP contribution in [0.15, 0.2) is 54.6 Å². The average Bonchev–Trinajstić information content (AvgIpc) is 2.67. The molecule has 0 radical (unpaired) electrons. The largest absolute Gasteiger partial charge is 0.497 e. The molecule has 6 heteroatoms. The number of ether oxygens (including phenoxy) is 1. The van der Waals surface area contributed by atoms with Crippen molar-refractivity contribution in [2.75, 3.05) is 13.7 Å². The molecule has 0 bridgehead atoms. The highest BCUT2D eigenvalue weighted by Gasteiger charge is 2.33. The Morgan fingerprint density at radius 1 is 1.08 bits per heavy atom. The van der Waals surface area contributed by atoms with E-state index in [0.29, 0.717) is 13.1 Å². The van der Waals surface area contributed by atoms with Crippen LogP contribution in [0, 0.1) is 0 Å². The first kappa shape index (κ1) is 17.9. The molecule has 0 aromatic heterocycles. The van der Waals surface area contributed by atoms with Crippen molar-refractivity contribution in [1.82, 2.24) is 9.03 Å². The van der Waals surface area contributed by atoms with E-state index in [1.54, 1.807) is 11.4 Å². The van der Waals surface area contributed by atoms with Crippen molar-refractivity contribution in [1.29, 1.82) is 0 Å². The van der Waals surface area contributed by atoms with Crippen molar-refractivity contribution in [3.63, 3.8) is 0 Å². The summed E-state index contributed by atoms with van der Waals surface area (Å²) in [4.78, 5) is 0. The fourth-order valence-electron chi connectivity index (χ4n) is 3.21. The molecule has 1 aliphatic rings. The zero-order valence-corrected chi connectivity index (χ0v) is 15.2. The standard InChI is InChI=1S/C19H24N2O3S/c1-24-18-12-10-17(11-13-18)19-9-5-6-14-21(19)25(22,23)20-15-16-7-3-2-4-8-16/h2-4,7-8,10-13,19-20H,5-6,9,14-15H2,1H3/t19-/m0/s1. The fraction of sp³-hybridized carbons (Fsp3) is 0.368. The Balaban J connectivity index is 1.76. The van der Waals surface area contributed by atoms with Gasteiger partial charge >= 0.3 is 0 Å². The number of nitrogens with one attached hydrogen (secondary N) is 1. The number of hydrogen-bond donors (Lipinski definition) is 1. The number of methoxy groups -OCH3 is 1. The summed E-state index contributed by atoms with van der Waals surface area (Å²) in [6.07, 6.45) is 2.75. The van der Waals surface area contributed by atoms with Gasteiger partial charge in [-0.3, -0.25) is 0 Å². The molecule has 1 N–H and O–H groups in total. The maximum Gasteiger partial charge on any atom is 0.280 e. The van der Waals surface area contributed by atoms with Crippen LogP contribution in [0.4, 0.5) is 0 Å². The molecule has 1 atom stereocenters. The first-order valence-corrected chi connectivity index (χ1v) is 9.98. The lowest BCUT2D eigenvalue weighted by atomic mass is 9.97. The fourth-order valence-corrected chi connectivity index (χ4v) is 4.65. The van der Waals surface area contributed by atoms with Crippen molar-refractivity contribution >= 4 is 10.2 Å². The van der Waals surface area contributed by atoms with Crippen molar-refractivity contribution in [3.05, 3.63) is 65.7 Å². The van der Waals surface area contributed by atoms with Crippen LogP contribution in [0.2, 0.25) is 0 Å². The monoisotopic (exact) mass is 360 g/mol. The van der Waals surface area contributed by atoms with Crippen molar-refractivity contribution in [3.8, 4) is 5.75 Å². The summed E-state index contributed by atoms with van der Waals surface area (Å²) in [5.74, 6) is 0.774. The highest BCUT2D eigenvalue weighted by Crippen LogP contribution is 2.33. The molecule has 134 valence electrons. The molecular weight excluding hydrogens is 336 g/mol. The molecule has 0 saturated carbocycles. The van der Waals surface area contributed by atoms with E-state index in [1.165, 1.54) is 0 Å². The molecule has 5 nitrogen and oxygen atoms in total. The molecule has 1 saturated heterocycles. The van der Waals surface area contributed by atoms with E-state index in [9.17, 15) is 8.42 Å². The number of benzene rings is 2. The van der Waals surface area contributed by atoms with Crippen molar-refractivity contribution in [2.24, 2.45) is 0 Å². The summed E-state index contributed by atoms with van der Waals surface area (Å²) in [6, 6.07) is 17.1. The molecule has 0 spiro atoms. The zero-order valence-electron chi connectivity index (χ0n) is 14.4. The minimum atomic E-state index is -3.54. The van der Waals surface area contributed by atoms with Gasteiger partial charge in [0.2, 0.25) is 0 Å². The van der Waals surface area contributed by atoms with Crippen LogP contribution in [0.1, 0.15) is 36.4 Å². The predicted octanol–water partition coefficient (Wildman–Crippen LogP) is 3.26. The molecule has 0 amide bonds. The Hall–Kier alpha value is -1.89. The zero-order chi connectivity index (χ0) is 17.7. The average molecular weight is 360 g/mol. The SMILES string of the molecule is COc1ccc([C@@H]2CCCCN2S(=O)(=O)NCc2ccccc2)cc1. The molecule has 2 aromatic rings. The Morgan fingerprint density at radius 3 is 2.48 bits per heavy atom. The third-order valence-electron chi connectivity index (χ3n) is 4.56. The van der Waals surface area contributed by atoms with Gasteiger partial charge in [-0.25, -0.2) is 0 Å². The Labute approximate surface area is 149 Å². The first-order valence-electron chi connectivity index (χ1n) is 8.54. The maximum atomic E-state index is 12.9. The van der Waals surface area contributed by atoms with Crippen LogP contribution in [0.5, 0.6) is 5.75 Å². The Kier molecular flexibility index (Phi) is 5.73. The molecular formula is C19H24N2O3S. The van der Waals surface area contributed by atoms with E-state index in [2.05, 4.69) is 4.72 Å². The van der Waals surface area contributed by atoms with Crippen molar-refractivity contribution < 1.29 is 13.2 Å². The third kappa shape index (κ3) is 4.39. The summed E-state index contributed by atoms with van der Waals surface area (Å²) in [6.45, 7) is 0.843. The van der Waals surface area contributed by atoms with E-state index in [0.717, 1.165) is 36.1 Å². The molecule has 2 aromatic carbocycles. The molecule has 0 unspecified atom stereocenters. The second-order valence-electron chi connectivity index (χ2n) is 6.21. The quantitative estimate of drug-likeness (QED) is 0.860. The van der Waals surface area contributed by atoms with Gasteiger partial charge in [0, 0.05) is 13.1 Å². The van der Waals surface area contributed by atoms with E-state index >= 15 is 0 Å². The highest BCUT2D eigenvalue weighted by atomic mass is 32.2. The molecule has 3 rings (SSSR count). The molecule has 1 fully saturated rings. The summed E-state index contributed by atoms with van der Waals surface area (Å²) in [7, 11) is -1.92. The maximum absolute atomic E-state index is 12.9. The summed E-state index contributed by atoms with van der Waals surface area (Å²) in [5, 5.41) is 0. The highest BCUT2D eigenvalue weighted by molar-refractivity contribution is 7.87. The van der Waals surface area contributed by atoms with Gasteiger partial charge in [-0.2, -0.15) is 17.4 Å². The summed E-state index contributed by atoms with van der Waals surface area (Å²) in [5.41, 5.74) is 1.95. The third-order valence-corrected chi connectivity index (χ3v) is 6.13. The van der Waals surface area contributed by atoms with Crippen LogP contribution < -0.4 is 9.46 Å². The van der Waals surface area contributed by atoms with Gasteiger partial charge in [-0.1, -0.05) is 48.9 Å². The number of hydrogen-bond acceptors (Lipinski definition) is 3. The molecule has 25 heavy (non-hydrogen) atoms. The van der Waals surface area contributed by atoms with Gasteiger partial charge in [0.1, 0.15) is 5.75 Å². The number of piperidine rings is 1. The molecule has 1 aliphatic heterocycles. The van der Waals surface area contributed by atoms with Gasteiger partial charge in [0.05, 0.1) is 13.2 Å². The Bertz CT molecular complexity index is 776. The van der Waals surface area contributed by atoms with Gasteiger partial charge in [-0.15, -0.1) is 0 Å². The van der Waals surface area contributed by atoms with Crippen LogP contribution in [-0.4, -0.2) is 26.4 Å². The van der Waals surface area contributed by atoms with Crippen LogP contribution in [0.3, 0.4) is 0 Å². The molecule has 0 aliphatic carbocycles. The number of nitrogens with zero attached hydrogens (tertiary/aromatic N) is 1. The second-order valence-corrected chi connectivity index (χ2v) is 7.92. The van der Waals surface area contributed by atoms with Gasteiger partial charge in [-0.05, 0) is 36.1 Å². The minimum absolute atomic E-state index is 0.132.